The molecule has 0 aliphatic carbocycles. The van der Waals surface area contributed by atoms with Crippen LogP contribution in [0.1, 0.15) is 39.0 Å². The summed E-state index contributed by atoms with van der Waals surface area (Å²) >= 11 is 0. The normalized spacial score (nSPS) is 18.3. The van der Waals surface area contributed by atoms with E-state index in [0.29, 0.717) is 19.6 Å². The van der Waals surface area contributed by atoms with Gasteiger partial charge in [-0.2, -0.15) is 5.06 Å². The Morgan fingerprint density at radius 2 is 1.44 bits per heavy atom. The van der Waals surface area contributed by atoms with Gasteiger partial charge in [0.25, 0.3) is 13.9 Å². The molecule has 0 unspecified atom stereocenters. The quantitative estimate of drug-likeness (QED) is 0.343. The predicted octanol–water partition coefficient (Wildman–Crippen LogP) is 3.82. The van der Waals surface area contributed by atoms with Gasteiger partial charge in [0.05, 0.1) is 12.6 Å². The molecule has 2 atom stereocenters. The number of nitrogens with zero attached hydrogens (tertiary/aromatic N) is 2. The minimum atomic E-state index is -2.78. The van der Waals surface area contributed by atoms with E-state index >= 15 is 0 Å². The molecule has 5 rings (SSSR count). The molecule has 7 nitrogen and oxygen atoms in total. The Balaban J connectivity index is 1.52. The number of aromatic nitrogens is 2. The second-order valence-corrected chi connectivity index (χ2v) is 15.3. The molecule has 0 saturated carbocycles. The molecule has 1 aliphatic heterocycles. The zero-order valence-corrected chi connectivity index (χ0v) is 23.6. The van der Waals surface area contributed by atoms with Crippen LogP contribution in [0.2, 0.25) is 5.04 Å². The summed E-state index contributed by atoms with van der Waals surface area (Å²) in [4.78, 5) is 34.1. The zero-order valence-electron chi connectivity index (χ0n) is 22.6. The molecule has 1 aliphatic rings. The lowest BCUT2D eigenvalue weighted by Crippen LogP contribution is -2.67. The smallest absolute Gasteiger partial charge is 0.330 e. The van der Waals surface area contributed by atoms with E-state index in [1.807, 2.05) is 47.5 Å². The van der Waals surface area contributed by atoms with Gasteiger partial charge in [-0.3, -0.25) is 9.63 Å². The van der Waals surface area contributed by atoms with Crippen molar-refractivity contribution >= 4 is 18.7 Å². The second-order valence-electron chi connectivity index (χ2n) is 11.0. The fourth-order valence-electron chi connectivity index (χ4n) is 5.56. The summed E-state index contributed by atoms with van der Waals surface area (Å²) in [5.74, 6) is 0. The Hall–Kier alpha value is -3.56. The van der Waals surface area contributed by atoms with Gasteiger partial charge in [-0.05, 0) is 21.0 Å². The number of aromatic amines is 1. The van der Waals surface area contributed by atoms with Crippen molar-refractivity contribution in [2.24, 2.45) is 0 Å². The Morgan fingerprint density at radius 3 is 1.97 bits per heavy atom. The van der Waals surface area contributed by atoms with E-state index in [9.17, 15) is 9.59 Å². The largest absolute Gasteiger partial charge is 0.406 e. The van der Waals surface area contributed by atoms with Crippen LogP contribution in [0, 0.1) is 0 Å². The molecule has 0 bridgehead atoms. The molecule has 1 N–H and O–H groups in total. The van der Waals surface area contributed by atoms with Crippen molar-refractivity contribution in [1.82, 2.24) is 14.6 Å². The first kappa shape index (κ1) is 27.0. The minimum Gasteiger partial charge on any atom is -0.406 e. The van der Waals surface area contributed by atoms with E-state index in [2.05, 4.69) is 74.3 Å². The molecule has 3 aromatic carbocycles. The molecule has 39 heavy (non-hydrogen) atoms. The fourth-order valence-corrected chi connectivity index (χ4v) is 10.2. The first-order valence-electron chi connectivity index (χ1n) is 13.3. The number of rotatable bonds is 8. The van der Waals surface area contributed by atoms with E-state index in [1.165, 1.54) is 22.6 Å². The molecular formula is C31H35N3O4Si. The summed E-state index contributed by atoms with van der Waals surface area (Å²) in [5.41, 5.74) is 0.195. The third kappa shape index (κ3) is 5.46. The topological polar surface area (TPSA) is 76.6 Å². The lowest BCUT2D eigenvalue weighted by molar-refractivity contribution is -0.194. The molecule has 4 aromatic rings. The van der Waals surface area contributed by atoms with E-state index in [0.717, 1.165) is 10.1 Å². The SMILES string of the molecule is CC(C)(C)[Si](OC[C@H]1C[C@H](n2c(=O)cc[nH]c2=O)ON1Cc1ccccc1)(c1ccccc1)c1ccccc1. The highest BCUT2D eigenvalue weighted by molar-refractivity contribution is 6.99. The Labute approximate surface area is 229 Å². The van der Waals surface area contributed by atoms with Crippen LogP contribution in [0.15, 0.2) is 113 Å². The van der Waals surface area contributed by atoms with Crippen LogP contribution < -0.4 is 21.6 Å². The highest BCUT2D eigenvalue weighted by atomic mass is 28.4. The number of hydrogen-bond donors (Lipinski definition) is 1. The maximum Gasteiger partial charge on any atom is 0.330 e. The van der Waals surface area contributed by atoms with E-state index in [-0.39, 0.29) is 11.1 Å². The molecule has 0 amide bonds. The van der Waals surface area contributed by atoms with Crippen molar-refractivity contribution < 1.29 is 9.26 Å². The summed E-state index contributed by atoms with van der Waals surface area (Å²) in [6, 6.07) is 32.2. The standard InChI is InChI=1S/C31H35N3O4Si/c1-31(2,3)39(26-15-9-5-10-16-26,27-17-11-6-12-18-27)37-23-25-21-29(34-28(35)19-20-32-30(34)36)38-33(25)22-24-13-7-4-8-14-24/h4-20,25,29H,21-23H2,1-3H3,(H,32,36)/t25-,29-/m1/s1. The van der Waals surface area contributed by atoms with Crippen LogP contribution >= 0.6 is 0 Å². The first-order valence-corrected chi connectivity index (χ1v) is 15.2. The molecule has 1 aromatic heterocycles. The van der Waals surface area contributed by atoms with Gasteiger partial charge in [0, 0.05) is 25.2 Å². The summed E-state index contributed by atoms with van der Waals surface area (Å²) in [6.07, 6.45) is 1.08. The van der Waals surface area contributed by atoms with E-state index in [4.69, 9.17) is 9.26 Å². The Bertz CT molecular complexity index is 1420. The maximum absolute atomic E-state index is 12.6. The van der Waals surface area contributed by atoms with Crippen LogP contribution in [0.3, 0.4) is 0 Å². The van der Waals surface area contributed by atoms with Gasteiger partial charge >= 0.3 is 5.69 Å². The average Bonchev–Trinajstić information content (AvgIpc) is 3.31. The van der Waals surface area contributed by atoms with Crippen molar-refractivity contribution in [3.8, 4) is 0 Å². The fraction of sp³-hybridized carbons (Fsp3) is 0.290. The van der Waals surface area contributed by atoms with Crippen molar-refractivity contribution in [2.45, 2.75) is 51.0 Å². The lowest BCUT2D eigenvalue weighted by Gasteiger charge is -2.43. The van der Waals surface area contributed by atoms with Crippen molar-refractivity contribution in [1.29, 1.82) is 0 Å². The van der Waals surface area contributed by atoms with Gasteiger partial charge < -0.3 is 9.41 Å². The van der Waals surface area contributed by atoms with Gasteiger partial charge in [0.1, 0.15) is 0 Å². The van der Waals surface area contributed by atoms with Crippen LogP contribution in [0.4, 0.5) is 0 Å². The van der Waals surface area contributed by atoms with Crippen LogP contribution in [0.5, 0.6) is 0 Å². The van der Waals surface area contributed by atoms with E-state index < -0.39 is 25.8 Å². The monoisotopic (exact) mass is 541 g/mol. The minimum absolute atomic E-state index is 0.174. The average molecular weight is 542 g/mol. The molecule has 2 heterocycles. The van der Waals surface area contributed by atoms with E-state index in [1.54, 1.807) is 0 Å². The van der Waals surface area contributed by atoms with Crippen LogP contribution in [-0.2, 0) is 15.8 Å². The summed E-state index contributed by atoms with van der Waals surface area (Å²) in [6.45, 7) is 7.63. The van der Waals surface area contributed by atoms with Gasteiger partial charge in [-0.15, -0.1) is 0 Å². The molecule has 0 radical (unpaired) electrons. The summed E-state index contributed by atoms with van der Waals surface area (Å²) < 4.78 is 8.36. The third-order valence-electron chi connectivity index (χ3n) is 7.41. The first-order chi connectivity index (χ1) is 18.8. The molecule has 1 fully saturated rings. The molecule has 202 valence electrons. The van der Waals surface area contributed by atoms with Crippen LogP contribution in [-0.4, -0.2) is 35.6 Å². The van der Waals surface area contributed by atoms with Gasteiger partial charge in [0.15, 0.2) is 6.23 Å². The highest BCUT2D eigenvalue weighted by Gasteiger charge is 2.51. The molecule has 0 spiro atoms. The number of hydroxylamine groups is 2. The highest BCUT2D eigenvalue weighted by Crippen LogP contribution is 2.38. The number of hydrogen-bond acceptors (Lipinski definition) is 5. The van der Waals surface area contributed by atoms with Crippen LogP contribution in [0.25, 0.3) is 0 Å². The Morgan fingerprint density at radius 1 is 0.872 bits per heavy atom. The number of benzene rings is 3. The van der Waals surface area contributed by atoms with Crippen molar-refractivity contribution in [2.75, 3.05) is 6.61 Å². The van der Waals surface area contributed by atoms with Gasteiger partial charge in [-0.1, -0.05) is 112 Å². The van der Waals surface area contributed by atoms with Crippen molar-refractivity contribution in [3.63, 3.8) is 0 Å². The second kappa shape index (κ2) is 11.3. The Kier molecular flexibility index (Phi) is 7.81. The predicted molar refractivity (Wildman–Crippen MR) is 155 cm³/mol. The maximum atomic E-state index is 12.6. The molecule has 8 heteroatoms. The molecule has 1 saturated heterocycles. The summed E-state index contributed by atoms with van der Waals surface area (Å²) in [7, 11) is -2.78. The summed E-state index contributed by atoms with van der Waals surface area (Å²) in [5, 5.41) is 4.09. The van der Waals surface area contributed by atoms with Gasteiger partial charge in [0.2, 0.25) is 0 Å². The molecular weight excluding hydrogens is 506 g/mol. The number of H-pyrrole nitrogens is 1. The van der Waals surface area contributed by atoms with Gasteiger partial charge in [-0.25, -0.2) is 9.36 Å². The lowest BCUT2D eigenvalue weighted by atomic mass is 10.2. The third-order valence-corrected chi connectivity index (χ3v) is 12.4. The van der Waals surface area contributed by atoms with Crippen molar-refractivity contribution in [3.05, 3.63) is 130 Å². The zero-order chi connectivity index (χ0) is 27.5. The number of nitrogens with one attached hydrogen (secondary N) is 1.